The van der Waals surface area contributed by atoms with Gasteiger partial charge in [-0.25, -0.2) is 4.79 Å². The van der Waals surface area contributed by atoms with Crippen molar-refractivity contribution in [2.24, 2.45) is 0 Å². The topological polar surface area (TPSA) is 80.3 Å². The summed E-state index contributed by atoms with van der Waals surface area (Å²) in [6, 6.07) is 20.1. The Hall–Kier alpha value is -2.74. The SMILES string of the molecule is C[C@]1(C[C@@H]2CCC(=O)O2)O[C@@]2(CCC[C@@H](c3ccccc3)O2)[C@]2(CCC[C@H](c3ccccc3)O2)OC1=O. The minimum absolute atomic E-state index is 0.219. The molecule has 196 valence electrons. The molecule has 6 rings (SSSR count). The molecule has 2 aromatic rings. The van der Waals surface area contributed by atoms with Crippen molar-refractivity contribution in [3.05, 3.63) is 71.8 Å². The van der Waals surface area contributed by atoms with Gasteiger partial charge in [0.1, 0.15) is 6.10 Å². The van der Waals surface area contributed by atoms with Gasteiger partial charge in [-0.2, -0.15) is 0 Å². The Morgan fingerprint density at radius 3 is 1.92 bits per heavy atom. The second kappa shape index (κ2) is 9.53. The number of cyclic esters (lactones) is 1. The highest BCUT2D eigenvalue weighted by Gasteiger charge is 2.69. The van der Waals surface area contributed by atoms with E-state index in [-0.39, 0.29) is 24.6 Å². The fraction of sp³-hybridized carbons (Fsp3) is 0.533. The monoisotopic (exact) mass is 506 g/mol. The third-order valence-electron chi connectivity index (χ3n) is 8.20. The van der Waals surface area contributed by atoms with Crippen LogP contribution in [0.25, 0.3) is 0 Å². The first kappa shape index (κ1) is 24.6. The Balaban J connectivity index is 1.37. The van der Waals surface area contributed by atoms with Crippen LogP contribution in [0, 0.1) is 0 Å². The number of fused-ring (bicyclic) bond motifs is 1. The molecule has 0 bridgehead atoms. The van der Waals surface area contributed by atoms with Gasteiger partial charge in [0.2, 0.25) is 5.79 Å². The summed E-state index contributed by atoms with van der Waals surface area (Å²) in [5.74, 6) is -3.41. The van der Waals surface area contributed by atoms with Gasteiger partial charge in [0.05, 0.1) is 12.2 Å². The summed E-state index contributed by atoms with van der Waals surface area (Å²) in [5, 5.41) is 0. The number of esters is 2. The summed E-state index contributed by atoms with van der Waals surface area (Å²) in [5.41, 5.74) is 0.760. The molecule has 0 radical (unpaired) electrons. The zero-order chi connectivity index (χ0) is 25.5. The number of rotatable bonds is 4. The van der Waals surface area contributed by atoms with Gasteiger partial charge in [-0.15, -0.1) is 0 Å². The molecule has 4 aliphatic heterocycles. The van der Waals surface area contributed by atoms with E-state index < -0.39 is 29.2 Å². The first-order valence-electron chi connectivity index (χ1n) is 13.5. The molecule has 7 nitrogen and oxygen atoms in total. The zero-order valence-electron chi connectivity index (χ0n) is 21.2. The van der Waals surface area contributed by atoms with E-state index in [0.717, 1.165) is 36.8 Å². The number of hydrogen-bond donors (Lipinski definition) is 0. The molecular formula is C30H34O7. The predicted molar refractivity (Wildman–Crippen MR) is 133 cm³/mol. The Bertz CT molecular complexity index is 1140. The van der Waals surface area contributed by atoms with Crippen LogP contribution in [0.4, 0.5) is 0 Å². The Morgan fingerprint density at radius 1 is 0.784 bits per heavy atom. The van der Waals surface area contributed by atoms with Crippen LogP contribution in [0.2, 0.25) is 0 Å². The first-order chi connectivity index (χ1) is 17.9. The van der Waals surface area contributed by atoms with Crippen LogP contribution in [0.15, 0.2) is 60.7 Å². The average molecular weight is 507 g/mol. The van der Waals surface area contributed by atoms with Crippen molar-refractivity contribution in [1.29, 1.82) is 0 Å². The molecule has 2 spiro atoms. The molecule has 4 fully saturated rings. The fourth-order valence-electron chi connectivity index (χ4n) is 6.36. The van der Waals surface area contributed by atoms with Gasteiger partial charge < -0.3 is 23.7 Å². The van der Waals surface area contributed by atoms with Crippen molar-refractivity contribution in [3.8, 4) is 0 Å². The molecule has 4 saturated heterocycles. The Labute approximate surface area is 217 Å². The molecule has 2 aromatic carbocycles. The second-order valence-electron chi connectivity index (χ2n) is 10.9. The molecule has 0 aromatic heterocycles. The van der Waals surface area contributed by atoms with Crippen LogP contribution in [-0.2, 0) is 33.3 Å². The number of carbonyl (C=O) groups is 2. The second-order valence-corrected chi connectivity index (χ2v) is 10.9. The number of benzene rings is 2. The molecular weight excluding hydrogens is 472 g/mol. The van der Waals surface area contributed by atoms with Gasteiger partial charge in [-0.3, -0.25) is 4.79 Å². The summed E-state index contributed by atoms with van der Waals surface area (Å²) in [6.45, 7) is 1.73. The van der Waals surface area contributed by atoms with Crippen molar-refractivity contribution >= 4 is 11.9 Å². The Kier molecular flexibility index (Phi) is 6.33. The highest BCUT2D eigenvalue weighted by molar-refractivity contribution is 5.81. The molecule has 0 aliphatic carbocycles. The van der Waals surface area contributed by atoms with Crippen molar-refractivity contribution in [2.75, 3.05) is 0 Å². The number of carbonyl (C=O) groups excluding carboxylic acids is 2. The largest absolute Gasteiger partial charge is 0.462 e. The van der Waals surface area contributed by atoms with Crippen LogP contribution >= 0.6 is 0 Å². The van der Waals surface area contributed by atoms with Crippen LogP contribution in [0.3, 0.4) is 0 Å². The van der Waals surface area contributed by atoms with Crippen molar-refractivity contribution in [3.63, 3.8) is 0 Å². The third kappa shape index (κ3) is 4.47. The number of hydrogen-bond acceptors (Lipinski definition) is 7. The summed E-state index contributed by atoms with van der Waals surface area (Å²) >= 11 is 0. The van der Waals surface area contributed by atoms with Gasteiger partial charge in [0.25, 0.3) is 5.79 Å². The fourth-order valence-corrected chi connectivity index (χ4v) is 6.36. The van der Waals surface area contributed by atoms with Gasteiger partial charge in [-0.05, 0) is 50.2 Å². The molecule has 37 heavy (non-hydrogen) atoms. The van der Waals surface area contributed by atoms with E-state index in [1.54, 1.807) is 6.92 Å². The van der Waals surface area contributed by atoms with Crippen molar-refractivity contribution < 1.29 is 33.3 Å². The lowest BCUT2D eigenvalue weighted by Crippen LogP contribution is -2.72. The van der Waals surface area contributed by atoms with Gasteiger partial charge in [-0.1, -0.05) is 60.7 Å². The van der Waals surface area contributed by atoms with Crippen LogP contribution in [0.5, 0.6) is 0 Å². The van der Waals surface area contributed by atoms with E-state index in [1.807, 2.05) is 48.5 Å². The summed E-state index contributed by atoms with van der Waals surface area (Å²) in [7, 11) is 0. The van der Waals surface area contributed by atoms with Gasteiger partial charge in [0, 0.05) is 25.7 Å². The standard InChI is InChI=1S/C30H34O7/c1-28(20-23-16-17-26(31)33-23)27(32)36-29(18-8-14-24(34-29)21-10-4-2-5-11-21)30(37-28)19-9-15-25(35-30)22-12-6-3-7-13-22/h2-7,10-13,23-25H,8-9,14-20H2,1H3/t23-,24+,25-,28+,29-,30-/m0/s1. The minimum Gasteiger partial charge on any atom is -0.462 e. The van der Waals surface area contributed by atoms with Gasteiger partial charge >= 0.3 is 11.9 Å². The van der Waals surface area contributed by atoms with Crippen LogP contribution < -0.4 is 0 Å². The maximum atomic E-state index is 13.7. The molecule has 7 heteroatoms. The highest BCUT2D eigenvalue weighted by atomic mass is 16.8. The first-order valence-corrected chi connectivity index (χ1v) is 13.5. The molecule has 0 N–H and O–H groups in total. The lowest BCUT2D eigenvalue weighted by molar-refractivity contribution is -0.473. The lowest BCUT2D eigenvalue weighted by atomic mass is 9.83. The smallest absolute Gasteiger partial charge is 0.341 e. The normalized spacial score (nSPS) is 37.9. The summed E-state index contributed by atoms with van der Waals surface area (Å²) < 4.78 is 32.3. The van der Waals surface area contributed by atoms with Crippen molar-refractivity contribution in [2.45, 2.75) is 100 Å². The van der Waals surface area contributed by atoms with E-state index >= 15 is 0 Å². The quantitative estimate of drug-likeness (QED) is 0.493. The predicted octanol–water partition coefficient (Wildman–Crippen LogP) is 5.69. The summed E-state index contributed by atoms with van der Waals surface area (Å²) in [4.78, 5) is 25.4. The van der Waals surface area contributed by atoms with E-state index in [0.29, 0.717) is 25.7 Å². The number of ether oxygens (including phenoxy) is 5. The molecule has 0 unspecified atom stereocenters. The molecule has 0 saturated carbocycles. The van der Waals surface area contributed by atoms with Crippen molar-refractivity contribution in [1.82, 2.24) is 0 Å². The van der Waals surface area contributed by atoms with Crippen LogP contribution in [0.1, 0.15) is 88.0 Å². The molecule has 4 heterocycles. The Morgan fingerprint density at radius 2 is 1.35 bits per heavy atom. The maximum absolute atomic E-state index is 13.7. The lowest BCUT2D eigenvalue weighted by Gasteiger charge is -2.59. The third-order valence-corrected chi connectivity index (χ3v) is 8.20. The maximum Gasteiger partial charge on any atom is 0.341 e. The van der Waals surface area contributed by atoms with E-state index in [4.69, 9.17) is 23.7 Å². The molecule has 6 atom stereocenters. The van der Waals surface area contributed by atoms with Gasteiger partial charge in [0.15, 0.2) is 5.60 Å². The zero-order valence-corrected chi connectivity index (χ0v) is 21.2. The van der Waals surface area contributed by atoms with E-state index in [9.17, 15) is 9.59 Å². The molecule has 4 aliphatic rings. The molecule has 0 amide bonds. The van der Waals surface area contributed by atoms with E-state index in [1.165, 1.54) is 0 Å². The average Bonchev–Trinajstić information content (AvgIpc) is 3.33. The summed E-state index contributed by atoms with van der Waals surface area (Å²) in [6.07, 6.45) is 4.55. The minimum atomic E-state index is -1.37. The van der Waals surface area contributed by atoms with Crippen LogP contribution in [-0.4, -0.2) is 35.2 Å². The highest BCUT2D eigenvalue weighted by Crippen LogP contribution is 2.56. The van der Waals surface area contributed by atoms with E-state index in [2.05, 4.69) is 12.1 Å².